The highest BCUT2D eigenvalue weighted by Gasteiger charge is 2.05. The molecule has 0 saturated carbocycles. The van der Waals surface area contributed by atoms with E-state index in [9.17, 15) is 4.79 Å². The Kier molecular flexibility index (Phi) is 4.29. The predicted molar refractivity (Wildman–Crippen MR) is 95.9 cm³/mol. The number of hydrogen-bond acceptors (Lipinski definition) is 2. The minimum absolute atomic E-state index is 0.275. The number of nitrogens with zero attached hydrogens (tertiary/aromatic N) is 2. The number of aromatic nitrogens is 1. The van der Waals surface area contributed by atoms with Gasteiger partial charge in [-0.3, -0.25) is 4.99 Å². The summed E-state index contributed by atoms with van der Waals surface area (Å²) in [7, 11) is 0. The number of rotatable bonds is 4. The molecular formula is C20H18N2O2. The van der Waals surface area contributed by atoms with Gasteiger partial charge in [0.25, 0.3) is 0 Å². The fraction of sp³-hybridized carbons (Fsp3) is 0.100. The SMILES string of the molecule is Cc1cc(C(=O)O)ccc1N=Cc1cc(C)n(-c2ccccc2)c1. The Morgan fingerprint density at radius 2 is 1.83 bits per heavy atom. The number of carboxylic acids is 1. The lowest BCUT2D eigenvalue weighted by Crippen LogP contribution is -1.95. The molecule has 1 aromatic heterocycles. The van der Waals surface area contributed by atoms with E-state index in [1.54, 1.807) is 24.4 Å². The second-order valence-corrected chi connectivity index (χ2v) is 5.68. The molecule has 3 rings (SSSR count). The van der Waals surface area contributed by atoms with Gasteiger partial charge in [-0.1, -0.05) is 18.2 Å². The molecule has 0 fully saturated rings. The molecule has 0 unspecified atom stereocenters. The zero-order valence-electron chi connectivity index (χ0n) is 13.6. The van der Waals surface area contributed by atoms with Crippen LogP contribution in [0.25, 0.3) is 5.69 Å². The summed E-state index contributed by atoms with van der Waals surface area (Å²) in [4.78, 5) is 15.5. The van der Waals surface area contributed by atoms with Crippen molar-refractivity contribution >= 4 is 17.9 Å². The predicted octanol–water partition coefficient (Wildman–Crippen LogP) is 4.54. The molecule has 4 nitrogen and oxygen atoms in total. The number of benzene rings is 2. The second kappa shape index (κ2) is 6.54. The Morgan fingerprint density at radius 3 is 2.50 bits per heavy atom. The molecule has 1 N–H and O–H groups in total. The minimum atomic E-state index is -0.927. The van der Waals surface area contributed by atoms with Crippen molar-refractivity contribution in [1.29, 1.82) is 0 Å². The van der Waals surface area contributed by atoms with Gasteiger partial charge < -0.3 is 9.67 Å². The highest BCUT2D eigenvalue weighted by Crippen LogP contribution is 2.20. The van der Waals surface area contributed by atoms with Crippen molar-refractivity contribution in [3.63, 3.8) is 0 Å². The summed E-state index contributed by atoms with van der Waals surface area (Å²) in [6, 6.07) is 17.1. The first-order chi connectivity index (χ1) is 11.5. The van der Waals surface area contributed by atoms with E-state index < -0.39 is 5.97 Å². The van der Waals surface area contributed by atoms with Gasteiger partial charge in [-0.05, 0) is 55.8 Å². The van der Waals surface area contributed by atoms with Crippen LogP contribution in [0.3, 0.4) is 0 Å². The van der Waals surface area contributed by atoms with E-state index in [0.29, 0.717) is 0 Å². The standard InChI is InChI=1S/C20H18N2O2/c1-14-10-17(20(23)24)8-9-19(14)21-12-16-11-15(2)22(13-16)18-6-4-3-5-7-18/h3-13H,1-2H3,(H,23,24). The maximum Gasteiger partial charge on any atom is 0.335 e. The van der Waals surface area contributed by atoms with Crippen LogP contribution in [0.2, 0.25) is 0 Å². The maximum atomic E-state index is 11.0. The molecule has 0 saturated heterocycles. The smallest absolute Gasteiger partial charge is 0.335 e. The molecule has 0 spiro atoms. The van der Waals surface area contributed by atoms with Crippen LogP contribution in [0.1, 0.15) is 27.2 Å². The van der Waals surface area contributed by atoms with E-state index in [2.05, 4.69) is 34.7 Å². The van der Waals surface area contributed by atoms with Gasteiger partial charge in [0.2, 0.25) is 0 Å². The average Bonchev–Trinajstić information content (AvgIpc) is 2.95. The van der Waals surface area contributed by atoms with Crippen LogP contribution < -0.4 is 0 Å². The minimum Gasteiger partial charge on any atom is -0.478 e. The Balaban J connectivity index is 1.87. The third-order valence-electron chi connectivity index (χ3n) is 3.86. The summed E-state index contributed by atoms with van der Waals surface area (Å²) in [5.74, 6) is -0.927. The van der Waals surface area contributed by atoms with Gasteiger partial charge in [-0.25, -0.2) is 4.79 Å². The molecular weight excluding hydrogens is 300 g/mol. The molecule has 4 heteroatoms. The van der Waals surface area contributed by atoms with E-state index >= 15 is 0 Å². The first-order valence-electron chi connectivity index (χ1n) is 7.67. The van der Waals surface area contributed by atoms with Crippen LogP contribution in [0.5, 0.6) is 0 Å². The molecule has 0 atom stereocenters. The molecule has 24 heavy (non-hydrogen) atoms. The molecule has 0 aliphatic heterocycles. The van der Waals surface area contributed by atoms with E-state index in [1.165, 1.54) is 0 Å². The largest absolute Gasteiger partial charge is 0.478 e. The van der Waals surface area contributed by atoms with E-state index in [4.69, 9.17) is 5.11 Å². The van der Waals surface area contributed by atoms with Gasteiger partial charge >= 0.3 is 5.97 Å². The lowest BCUT2D eigenvalue weighted by atomic mass is 10.1. The van der Waals surface area contributed by atoms with Crippen molar-refractivity contribution < 1.29 is 9.90 Å². The van der Waals surface area contributed by atoms with Gasteiger partial charge in [-0.2, -0.15) is 0 Å². The van der Waals surface area contributed by atoms with Crippen molar-refractivity contribution in [2.45, 2.75) is 13.8 Å². The van der Waals surface area contributed by atoms with Crippen LogP contribution in [0.4, 0.5) is 5.69 Å². The molecule has 0 aliphatic carbocycles. The van der Waals surface area contributed by atoms with Gasteiger partial charge in [0.15, 0.2) is 0 Å². The highest BCUT2D eigenvalue weighted by molar-refractivity contribution is 5.89. The topological polar surface area (TPSA) is 54.6 Å². The summed E-state index contributed by atoms with van der Waals surface area (Å²) < 4.78 is 2.11. The van der Waals surface area contributed by atoms with E-state index in [0.717, 1.165) is 28.2 Å². The second-order valence-electron chi connectivity index (χ2n) is 5.68. The van der Waals surface area contributed by atoms with Gasteiger partial charge in [0, 0.05) is 29.4 Å². The Labute approximate surface area is 140 Å². The van der Waals surface area contributed by atoms with E-state index in [1.807, 2.05) is 31.3 Å². The van der Waals surface area contributed by atoms with Gasteiger partial charge in [0.05, 0.1) is 11.3 Å². The van der Waals surface area contributed by atoms with Crippen molar-refractivity contribution in [3.8, 4) is 5.69 Å². The van der Waals surface area contributed by atoms with E-state index in [-0.39, 0.29) is 5.56 Å². The Morgan fingerprint density at radius 1 is 1.08 bits per heavy atom. The molecule has 120 valence electrons. The molecule has 3 aromatic rings. The molecule has 0 aliphatic rings. The fourth-order valence-electron chi connectivity index (χ4n) is 2.61. The average molecular weight is 318 g/mol. The van der Waals surface area contributed by atoms with Gasteiger partial charge in [0.1, 0.15) is 0 Å². The lowest BCUT2D eigenvalue weighted by molar-refractivity contribution is 0.0697. The zero-order chi connectivity index (χ0) is 17.1. The van der Waals surface area contributed by atoms with Crippen molar-refractivity contribution in [2.24, 2.45) is 4.99 Å². The first-order valence-corrected chi connectivity index (χ1v) is 7.67. The normalized spacial score (nSPS) is 11.1. The Hall–Kier alpha value is -3.14. The summed E-state index contributed by atoms with van der Waals surface area (Å²) in [6.45, 7) is 3.91. The third kappa shape index (κ3) is 3.27. The monoisotopic (exact) mass is 318 g/mol. The number of aliphatic imine (C=N–C) groups is 1. The quantitative estimate of drug-likeness (QED) is 0.718. The van der Waals surface area contributed by atoms with Crippen molar-refractivity contribution in [2.75, 3.05) is 0 Å². The number of aryl methyl sites for hydroxylation is 2. The summed E-state index contributed by atoms with van der Waals surface area (Å²) in [5, 5.41) is 9.01. The summed E-state index contributed by atoms with van der Waals surface area (Å²) >= 11 is 0. The number of para-hydroxylation sites is 1. The zero-order valence-corrected chi connectivity index (χ0v) is 13.6. The molecule has 0 radical (unpaired) electrons. The van der Waals surface area contributed by atoms with Crippen LogP contribution in [-0.4, -0.2) is 21.9 Å². The van der Waals surface area contributed by atoms with Crippen LogP contribution in [0.15, 0.2) is 65.8 Å². The van der Waals surface area contributed by atoms with Crippen LogP contribution in [0, 0.1) is 13.8 Å². The lowest BCUT2D eigenvalue weighted by Gasteiger charge is -2.04. The molecule has 0 bridgehead atoms. The first kappa shape index (κ1) is 15.7. The summed E-state index contributed by atoms with van der Waals surface area (Å²) in [6.07, 6.45) is 3.84. The third-order valence-corrected chi connectivity index (χ3v) is 3.86. The van der Waals surface area contributed by atoms with Crippen LogP contribution >= 0.6 is 0 Å². The van der Waals surface area contributed by atoms with Crippen molar-refractivity contribution in [3.05, 3.63) is 83.2 Å². The number of carbonyl (C=O) groups is 1. The molecule has 2 aromatic carbocycles. The van der Waals surface area contributed by atoms with Gasteiger partial charge in [-0.15, -0.1) is 0 Å². The maximum absolute atomic E-state index is 11.0. The van der Waals surface area contributed by atoms with Crippen molar-refractivity contribution in [1.82, 2.24) is 4.57 Å². The molecule has 1 heterocycles. The number of hydrogen-bond donors (Lipinski definition) is 1. The Bertz CT molecular complexity index is 909. The number of carboxylic acid groups (broad SMARTS) is 1. The van der Waals surface area contributed by atoms with Crippen LogP contribution in [-0.2, 0) is 0 Å². The summed E-state index contributed by atoms with van der Waals surface area (Å²) in [5.41, 5.74) is 5.11. The fourth-order valence-corrected chi connectivity index (χ4v) is 2.61. The molecule has 0 amide bonds. The number of aromatic carboxylic acids is 1. The highest BCUT2D eigenvalue weighted by atomic mass is 16.4.